The maximum atomic E-state index is 8.81. The zero-order valence-electron chi connectivity index (χ0n) is 11.8. The third-order valence-corrected chi connectivity index (χ3v) is 3.09. The minimum Gasteiger partial charge on any atom is -0.454 e. The molecule has 20 heavy (non-hydrogen) atoms. The first-order valence-corrected chi connectivity index (χ1v) is 7.02. The van der Waals surface area contributed by atoms with Gasteiger partial charge in [0, 0.05) is 18.1 Å². The number of aliphatic hydroxyl groups is 1. The standard InChI is InChI=1S/C17H20O3/c1-2-3-4-5-8-14-11-16-17(20-13-19-16)12-15(14)9-6-7-10-18/h6-7,11-12,18H,2-4,9-10,13H2,1H3/b7-6+. The van der Waals surface area contributed by atoms with Gasteiger partial charge in [0.25, 0.3) is 0 Å². The number of hydrogen-bond donors (Lipinski definition) is 1. The molecule has 0 aliphatic carbocycles. The summed E-state index contributed by atoms with van der Waals surface area (Å²) in [7, 11) is 0. The first-order valence-electron chi connectivity index (χ1n) is 7.02. The van der Waals surface area contributed by atoms with Crippen LogP contribution in [0.5, 0.6) is 11.5 Å². The number of fused-ring (bicyclic) bond motifs is 1. The molecule has 106 valence electrons. The minimum atomic E-state index is 0.0576. The van der Waals surface area contributed by atoms with Gasteiger partial charge in [-0.25, -0.2) is 0 Å². The Bertz CT molecular complexity index is 535. The molecule has 1 heterocycles. The van der Waals surface area contributed by atoms with Crippen molar-refractivity contribution >= 4 is 0 Å². The monoisotopic (exact) mass is 272 g/mol. The van der Waals surface area contributed by atoms with Crippen LogP contribution in [0.15, 0.2) is 24.3 Å². The van der Waals surface area contributed by atoms with Crippen molar-refractivity contribution in [2.45, 2.75) is 32.6 Å². The second-order valence-corrected chi connectivity index (χ2v) is 4.63. The Morgan fingerprint density at radius 1 is 1.25 bits per heavy atom. The molecule has 0 spiro atoms. The summed E-state index contributed by atoms with van der Waals surface area (Å²) in [5.74, 6) is 7.97. The molecule has 3 nitrogen and oxygen atoms in total. The van der Waals surface area contributed by atoms with E-state index in [2.05, 4.69) is 18.8 Å². The predicted molar refractivity (Wildman–Crippen MR) is 78.9 cm³/mol. The molecule has 3 heteroatoms. The van der Waals surface area contributed by atoms with Crippen molar-refractivity contribution in [3.63, 3.8) is 0 Å². The van der Waals surface area contributed by atoms with E-state index in [-0.39, 0.29) is 13.4 Å². The van der Waals surface area contributed by atoms with Crippen molar-refractivity contribution in [1.82, 2.24) is 0 Å². The van der Waals surface area contributed by atoms with E-state index in [1.165, 1.54) is 0 Å². The fourth-order valence-corrected chi connectivity index (χ4v) is 1.98. The van der Waals surface area contributed by atoms with E-state index in [4.69, 9.17) is 14.6 Å². The van der Waals surface area contributed by atoms with Crippen LogP contribution >= 0.6 is 0 Å². The number of hydrogen-bond acceptors (Lipinski definition) is 3. The third-order valence-electron chi connectivity index (χ3n) is 3.09. The first kappa shape index (κ1) is 14.5. The van der Waals surface area contributed by atoms with Crippen LogP contribution in [0.2, 0.25) is 0 Å². The number of benzene rings is 1. The van der Waals surface area contributed by atoms with E-state index in [0.717, 1.165) is 48.3 Å². The molecule has 2 rings (SSSR count). The number of rotatable bonds is 5. The van der Waals surface area contributed by atoms with Gasteiger partial charge in [-0.15, -0.1) is 0 Å². The van der Waals surface area contributed by atoms with E-state index in [0.29, 0.717) is 0 Å². The smallest absolute Gasteiger partial charge is 0.231 e. The summed E-state index contributed by atoms with van der Waals surface area (Å²) in [5.41, 5.74) is 2.08. The van der Waals surface area contributed by atoms with Crippen LogP contribution in [0.4, 0.5) is 0 Å². The van der Waals surface area contributed by atoms with Gasteiger partial charge in [-0.05, 0) is 24.5 Å². The Hall–Kier alpha value is -1.92. The molecule has 0 saturated carbocycles. The lowest BCUT2D eigenvalue weighted by Crippen LogP contribution is -1.92. The average Bonchev–Trinajstić information content (AvgIpc) is 2.91. The maximum Gasteiger partial charge on any atom is 0.231 e. The van der Waals surface area contributed by atoms with E-state index in [1.807, 2.05) is 18.2 Å². The molecule has 1 aromatic carbocycles. The summed E-state index contributed by atoms with van der Waals surface area (Å²) in [6.45, 7) is 2.49. The Kier molecular flexibility index (Phi) is 5.52. The average molecular weight is 272 g/mol. The van der Waals surface area contributed by atoms with Crippen LogP contribution in [0.1, 0.15) is 37.3 Å². The molecule has 1 N–H and O–H groups in total. The lowest BCUT2D eigenvalue weighted by atomic mass is 10.0. The summed E-state index contributed by atoms with van der Waals surface area (Å²) in [6, 6.07) is 3.93. The van der Waals surface area contributed by atoms with E-state index >= 15 is 0 Å². The minimum absolute atomic E-state index is 0.0576. The van der Waals surface area contributed by atoms with Crippen LogP contribution < -0.4 is 9.47 Å². The van der Waals surface area contributed by atoms with Crippen molar-refractivity contribution in [2.24, 2.45) is 0 Å². The molecule has 0 unspecified atom stereocenters. The molecule has 0 saturated heterocycles. The zero-order chi connectivity index (χ0) is 14.2. The number of unbranched alkanes of at least 4 members (excludes halogenated alkanes) is 2. The molecule has 0 aromatic heterocycles. The lowest BCUT2D eigenvalue weighted by molar-refractivity contribution is 0.174. The third kappa shape index (κ3) is 3.79. The largest absolute Gasteiger partial charge is 0.454 e. The molecule has 0 amide bonds. The van der Waals surface area contributed by atoms with Gasteiger partial charge in [0.1, 0.15) is 0 Å². The second-order valence-electron chi connectivity index (χ2n) is 4.63. The summed E-state index contributed by atoms with van der Waals surface area (Å²) in [5, 5.41) is 8.81. The van der Waals surface area contributed by atoms with Gasteiger partial charge in [-0.1, -0.05) is 37.3 Å². The van der Waals surface area contributed by atoms with E-state index < -0.39 is 0 Å². The molecule has 0 radical (unpaired) electrons. The number of aliphatic hydroxyl groups excluding tert-OH is 1. The maximum absolute atomic E-state index is 8.81. The van der Waals surface area contributed by atoms with E-state index in [1.54, 1.807) is 6.08 Å². The van der Waals surface area contributed by atoms with Crippen molar-refractivity contribution in [3.8, 4) is 23.3 Å². The van der Waals surface area contributed by atoms with Gasteiger partial charge in [0.2, 0.25) is 6.79 Å². The zero-order valence-corrected chi connectivity index (χ0v) is 11.8. The molecule has 0 atom stereocenters. The highest BCUT2D eigenvalue weighted by molar-refractivity contribution is 5.54. The van der Waals surface area contributed by atoms with Crippen LogP contribution in [0.25, 0.3) is 0 Å². The van der Waals surface area contributed by atoms with Crippen LogP contribution in [0.3, 0.4) is 0 Å². The highest BCUT2D eigenvalue weighted by Crippen LogP contribution is 2.34. The van der Waals surface area contributed by atoms with Crippen molar-refractivity contribution in [1.29, 1.82) is 0 Å². The SMILES string of the molecule is CCCCC#Cc1cc2c(cc1C/C=C/CO)OCO2. The highest BCUT2D eigenvalue weighted by Gasteiger charge is 2.15. The lowest BCUT2D eigenvalue weighted by Gasteiger charge is -2.04. The Morgan fingerprint density at radius 3 is 2.80 bits per heavy atom. The quantitative estimate of drug-likeness (QED) is 0.508. The predicted octanol–water partition coefficient (Wildman–Crippen LogP) is 3.05. The highest BCUT2D eigenvalue weighted by atomic mass is 16.7. The van der Waals surface area contributed by atoms with Crippen LogP contribution in [-0.2, 0) is 6.42 Å². The summed E-state index contributed by atoms with van der Waals surface area (Å²) in [6.07, 6.45) is 7.60. The molecule has 0 bridgehead atoms. The molecule has 0 fully saturated rings. The summed E-state index contributed by atoms with van der Waals surface area (Å²) >= 11 is 0. The molecule has 1 aliphatic heterocycles. The topological polar surface area (TPSA) is 38.7 Å². The molecule has 1 aliphatic rings. The van der Waals surface area contributed by atoms with Gasteiger partial charge in [-0.3, -0.25) is 0 Å². The fraction of sp³-hybridized carbons (Fsp3) is 0.412. The van der Waals surface area contributed by atoms with Gasteiger partial charge >= 0.3 is 0 Å². The second kappa shape index (κ2) is 7.62. The molecule has 1 aromatic rings. The van der Waals surface area contributed by atoms with Crippen molar-refractivity contribution in [3.05, 3.63) is 35.4 Å². The number of allylic oxidation sites excluding steroid dienone is 1. The van der Waals surface area contributed by atoms with Gasteiger partial charge in [-0.2, -0.15) is 0 Å². The fourth-order valence-electron chi connectivity index (χ4n) is 1.98. The van der Waals surface area contributed by atoms with Gasteiger partial charge in [0.05, 0.1) is 6.61 Å². The van der Waals surface area contributed by atoms with Crippen LogP contribution in [0, 0.1) is 11.8 Å². The summed E-state index contributed by atoms with van der Waals surface area (Å²) in [4.78, 5) is 0. The Balaban J connectivity index is 2.21. The van der Waals surface area contributed by atoms with Crippen molar-refractivity contribution < 1.29 is 14.6 Å². The normalized spacial score (nSPS) is 12.5. The van der Waals surface area contributed by atoms with E-state index in [9.17, 15) is 0 Å². The Labute approximate surface area is 120 Å². The molecular weight excluding hydrogens is 252 g/mol. The first-order chi connectivity index (χ1) is 9.85. The van der Waals surface area contributed by atoms with Gasteiger partial charge in [0.15, 0.2) is 11.5 Å². The molecular formula is C17H20O3. The Morgan fingerprint density at radius 2 is 2.05 bits per heavy atom. The number of ether oxygens (including phenoxy) is 2. The summed E-state index contributed by atoms with van der Waals surface area (Å²) < 4.78 is 10.8. The van der Waals surface area contributed by atoms with Crippen LogP contribution in [-0.4, -0.2) is 18.5 Å². The van der Waals surface area contributed by atoms with Crippen molar-refractivity contribution in [2.75, 3.05) is 13.4 Å². The van der Waals surface area contributed by atoms with Gasteiger partial charge < -0.3 is 14.6 Å².